The van der Waals surface area contributed by atoms with Gasteiger partial charge < -0.3 is 9.13 Å². The van der Waals surface area contributed by atoms with Gasteiger partial charge in [0, 0.05) is 18.3 Å². The van der Waals surface area contributed by atoms with E-state index in [4.69, 9.17) is 4.98 Å². The Labute approximate surface area is 164 Å². The predicted molar refractivity (Wildman–Crippen MR) is 115 cm³/mol. The molecule has 0 fully saturated rings. The molecule has 4 nitrogen and oxygen atoms in total. The van der Waals surface area contributed by atoms with Crippen molar-refractivity contribution in [2.75, 3.05) is 0 Å². The molecule has 2 aromatic carbocycles. The molecule has 140 valence electrons. The zero-order valence-electron chi connectivity index (χ0n) is 16.2. The van der Waals surface area contributed by atoms with Crippen molar-refractivity contribution in [2.45, 2.75) is 26.9 Å². The van der Waals surface area contributed by atoms with Crippen molar-refractivity contribution in [1.29, 1.82) is 0 Å². The SMILES string of the molecule is CCn1c(/C=C/c2ccc(Cn3cccc(C)c3=O)cc2)nc2ccccc21. The molecule has 0 saturated heterocycles. The van der Waals surface area contributed by atoms with Gasteiger partial charge in [0.2, 0.25) is 0 Å². The summed E-state index contributed by atoms with van der Waals surface area (Å²) in [6.07, 6.45) is 5.97. The van der Waals surface area contributed by atoms with Crippen LogP contribution in [0.2, 0.25) is 0 Å². The predicted octanol–water partition coefficient (Wildman–Crippen LogP) is 4.75. The summed E-state index contributed by atoms with van der Waals surface area (Å²) in [6.45, 7) is 5.43. The van der Waals surface area contributed by atoms with Gasteiger partial charge in [-0.15, -0.1) is 0 Å². The van der Waals surface area contributed by atoms with E-state index >= 15 is 0 Å². The summed E-state index contributed by atoms with van der Waals surface area (Å²) in [5, 5.41) is 0. The smallest absolute Gasteiger partial charge is 0.253 e. The second kappa shape index (κ2) is 7.69. The van der Waals surface area contributed by atoms with Gasteiger partial charge in [0.1, 0.15) is 5.82 Å². The van der Waals surface area contributed by atoms with Crippen LogP contribution < -0.4 is 5.56 Å². The van der Waals surface area contributed by atoms with Crippen LogP contribution in [-0.2, 0) is 13.1 Å². The highest BCUT2D eigenvalue weighted by atomic mass is 16.1. The van der Waals surface area contributed by atoms with Gasteiger partial charge in [0.05, 0.1) is 17.6 Å². The second-order valence-electron chi connectivity index (χ2n) is 6.90. The molecule has 0 N–H and O–H groups in total. The fourth-order valence-corrected chi connectivity index (χ4v) is 3.44. The first-order valence-electron chi connectivity index (χ1n) is 9.54. The fraction of sp³-hybridized carbons (Fsp3) is 0.167. The van der Waals surface area contributed by atoms with Crippen molar-refractivity contribution in [3.05, 3.63) is 99.7 Å². The number of aryl methyl sites for hydroxylation is 2. The first kappa shape index (κ1) is 18.0. The van der Waals surface area contributed by atoms with Crippen LogP contribution in [0.5, 0.6) is 0 Å². The summed E-state index contributed by atoms with van der Waals surface area (Å²) in [5.74, 6) is 0.957. The molecule has 4 rings (SSSR count). The van der Waals surface area contributed by atoms with Gasteiger partial charge in [0.15, 0.2) is 0 Å². The van der Waals surface area contributed by atoms with Crippen LogP contribution in [0.1, 0.15) is 29.4 Å². The Bertz CT molecular complexity index is 1200. The number of hydrogen-bond acceptors (Lipinski definition) is 2. The second-order valence-corrected chi connectivity index (χ2v) is 6.90. The maximum absolute atomic E-state index is 12.2. The number of aromatic nitrogens is 3. The third kappa shape index (κ3) is 3.54. The molecule has 0 unspecified atom stereocenters. The zero-order valence-corrected chi connectivity index (χ0v) is 16.2. The van der Waals surface area contributed by atoms with E-state index in [1.54, 1.807) is 4.57 Å². The maximum Gasteiger partial charge on any atom is 0.253 e. The molecule has 2 heterocycles. The number of nitrogens with zero attached hydrogens (tertiary/aromatic N) is 3. The number of fused-ring (bicyclic) bond motifs is 1. The Balaban J connectivity index is 1.55. The summed E-state index contributed by atoms with van der Waals surface area (Å²) in [4.78, 5) is 16.9. The third-order valence-corrected chi connectivity index (χ3v) is 4.97. The summed E-state index contributed by atoms with van der Waals surface area (Å²) < 4.78 is 3.95. The van der Waals surface area contributed by atoms with E-state index in [1.165, 1.54) is 0 Å². The van der Waals surface area contributed by atoms with Crippen molar-refractivity contribution in [1.82, 2.24) is 14.1 Å². The van der Waals surface area contributed by atoms with Crippen LogP contribution >= 0.6 is 0 Å². The van der Waals surface area contributed by atoms with Crippen molar-refractivity contribution in [2.24, 2.45) is 0 Å². The molecule has 2 aromatic heterocycles. The summed E-state index contributed by atoms with van der Waals surface area (Å²) in [5.41, 5.74) is 5.21. The van der Waals surface area contributed by atoms with Gasteiger partial charge in [-0.1, -0.05) is 48.5 Å². The lowest BCUT2D eigenvalue weighted by Crippen LogP contribution is -2.21. The molecule has 0 amide bonds. The number of pyridine rings is 1. The van der Waals surface area contributed by atoms with Gasteiger partial charge in [-0.2, -0.15) is 0 Å². The van der Waals surface area contributed by atoms with Crippen molar-refractivity contribution in [3.8, 4) is 0 Å². The molecular formula is C24H23N3O. The largest absolute Gasteiger partial charge is 0.325 e. The van der Waals surface area contributed by atoms with E-state index < -0.39 is 0 Å². The maximum atomic E-state index is 12.2. The lowest BCUT2D eigenvalue weighted by atomic mass is 10.1. The molecule has 0 radical (unpaired) electrons. The minimum Gasteiger partial charge on any atom is -0.325 e. The highest BCUT2D eigenvalue weighted by molar-refractivity contribution is 5.79. The van der Waals surface area contributed by atoms with Crippen molar-refractivity contribution >= 4 is 23.2 Å². The molecule has 28 heavy (non-hydrogen) atoms. The Morgan fingerprint density at radius 3 is 2.54 bits per heavy atom. The van der Waals surface area contributed by atoms with Crippen LogP contribution in [0.3, 0.4) is 0 Å². The Hall–Kier alpha value is -3.40. The Morgan fingerprint density at radius 2 is 1.75 bits per heavy atom. The van der Waals surface area contributed by atoms with Gasteiger partial charge in [0.25, 0.3) is 5.56 Å². The van der Waals surface area contributed by atoms with Crippen LogP contribution in [0.15, 0.2) is 71.7 Å². The lowest BCUT2D eigenvalue weighted by Gasteiger charge is -2.07. The van der Waals surface area contributed by atoms with E-state index in [1.807, 2.05) is 43.5 Å². The molecule has 0 aliphatic carbocycles. The summed E-state index contributed by atoms with van der Waals surface area (Å²) >= 11 is 0. The average Bonchev–Trinajstić information content (AvgIpc) is 3.08. The van der Waals surface area contributed by atoms with E-state index in [0.29, 0.717) is 6.54 Å². The van der Waals surface area contributed by atoms with Gasteiger partial charge in [-0.05, 0) is 49.2 Å². The molecule has 0 saturated carbocycles. The minimum absolute atomic E-state index is 0.0601. The monoisotopic (exact) mass is 369 g/mol. The Kier molecular flexibility index (Phi) is 4.94. The number of para-hydroxylation sites is 2. The number of hydrogen-bond donors (Lipinski definition) is 0. The topological polar surface area (TPSA) is 39.8 Å². The lowest BCUT2D eigenvalue weighted by molar-refractivity contribution is 0.752. The first-order chi connectivity index (χ1) is 13.7. The van der Waals surface area contributed by atoms with Crippen LogP contribution in [0.4, 0.5) is 0 Å². The molecule has 0 atom stereocenters. The number of rotatable bonds is 5. The molecule has 0 aliphatic rings. The standard InChI is InChI=1S/C24H23N3O/c1-3-27-22-9-5-4-8-21(22)25-23(27)15-14-19-10-12-20(13-11-19)17-26-16-6-7-18(2)24(26)28/h4-16H,3,17H2,1-2H3/b15-14+. The third-order valence-electron chi connectivity index (χ3n) is 4.97. The molecule has 0 spiro atoms. The van der Waals surface area contributed by atoms with E-state index in [-0.39, 0.29) is 5.56 Å². The molecule has 0 bridgehead atoms. The van der Waals surface area contributed by atoms with Crippen LogP contribution in [0, 0.1) is 6.92 Å². The Morgan fingerprint density at radius 1 is 0.964 bits per heavy atom. The van der Waals surface area contributed by atoms with E-state index in [0.717, 1.165) is 40.1 Å². The highest BCUT2D eigenvalue weighted by Crippen LogP contribution is 2.18. The van der Waals surface area contributed by atoms with E-state index in [2.05, 4.69) is 54.0 Å². The first-order valence-corrected chi connectivity index (χ1v) is 9.54. The van der Waals surface area contributed by atoms with Gasteiger partial charge in [-0.25, -0.2) is 4.98 Å². The molecule has 4 aromatic rings. The van der Waals surface area contributed by atoms with E-state index in [9.17, 15) is 4.79 Å². The molecular weight excluding hydrogens is 346 g/mol. The number of imidazole rings is 1. The minimum atomic E-state index is 0.0601. The van der Waals surface area contributed by atoms with Gasteiger partial charge in [-0.3, -0.25) is 4.79 Å². The fourth-order valence-electron chi connectivity index (χ4n) is 3.44. The van der Waals surface area contributed by atoms with Crippen molar-refractivity contribution < 1.29 is 0 Å². The van der Waals surface area contributed by atoms with Gasteiger partial charge >= 0.3 is 0 Å². The summed E-state index contributed by atoms with van der Waals surface area (Å²) in [7, 11) is 0. The summed E-state index contributed by atoms with van der Waals surface area (Å²) in [6, 6.07) is 20.2. The quantitative estimate of drug-likeness (QED) is 0.509. The molecule has 0 aliphatic heterocycles. The average molecular weight is 369 g/mol. The molecule has 4 heteroatoms. The van der Waals surface area contributed by atoms with Crippen LogP contribution in [-0.4, -0.2) is 14.1 Å². The zero-order chi connectivity index (χ0) is 19.5. The highest BCUT2D eigenvalue weighted by Gasteiger charge is 2.06. The normalized spacial score (nSPS) is 11.5. The van der Waals surface area contributed by atoms with Crippen LogP contribution in [0.25, 0.3) is 23.2 Å². The van der Waals surface area contributed by atoms with Crippen molar-refractivity contribution in [3.63, 3.8) is 0 Å². The number of benzene rings is 2.